The fourth-order valence-corrected chi connectivity index (χ4v) is 6.77. The number of amides is 1. The van der Waals surface area contributed by atoms with E-state index in [0.717, 1.165) is 6.42 Å². The van der Waals surface area contributed by atoms with Crippen LogP contribution in [0.4, 0.5) is 0 Å². The van der Waals surface area contributed by atoms with Gasteiger partial charge in [0, 0.05) is 25.3 Å². The Morgan fingerprint density at radius 1 is 1.13 bits per heavy atom. The van der Waals surface area contributed by atoms with Gasteiger partial charge >= 0.3 is 11.9 Å². The molecule has 1 amide bonds. The molecule has 0 aromatic carbocycles. The molecule has 9 atom stereocenters. The molecular weight excluding hydrogens is 390 g/mol. The maximum atomic E-state index is 13.9. The molecular formula is C22H31NO7. The molecule has 0 unspecified atom stereocenters. The topological polar surface area (TPSA) is 102 Å². The van der Waals surface area contributed by atoms with Crippen LogP contribution in [0.3, 0.4) is 0 Å². The van der Waals surface area contributed by atoms with Crippen molar-refractivity contribution in [1.29, 1.82) is 0 Å². The summed E-state index contributed by atoms with van der Waals surface area (Å²) in [6, 6.07) is -0.310. The molecule has 0 aromatic rings. The van der Waals surface area contributed by atoms with Gasteiger partial charge in [-0.05, 0) is 25.7 Å². The first-order chi connectivity index (χ1) is 14.2. The van der Waals surface area contributed by atoms with Crippen LogP contribution < -0.4 is 0 Å². The van der Waals surface area contributed by atoms with Gasteiger partial charge in [0.2, 0.25) is 0 Å². The van der Waals surface area contributed by atoms with E-state index in [1.165, 1.54) is 0 Å². The third-order valence-electron chi connectivity index (χ3n) is 8.23. The molecule has 1 spiro atoms. The number of cyclic esters (lactones) is 1. The number of esters is 2. The molecule has 5 fully saturated rings. The second kappa shape index (κ2) is 6.66. The van der Waals surface area contributed by atoms with Gasteiger partial charge < -0.3 is 24.2 Å². The molecule has 8 heteroatoms. The molecule has 0 saturated carbocycles. The number of nitrogens with zero attached hydrogens (tertiary/aromatic N) is 1. The Morgan fingerprint density at radius 3 is 2.57 bits per heavy atom. The Hall–Kier alpha value is -1.67. The molecule has 0 aliphatic carbocycles. The Balaban J connectivity index is 1.60. The van der Waals surface area contributed by atoms with Crippen LogP contribution in [0.15, 0.2) is 0 Å². The minimum Gasteiger partial charge on any atom is -0.461 e. The summed E-state index contributed by atoms with van der Waals surface area (Å²) >= 11 is 0. The van der Waals surface area contributed by atoms with E-state index in [9.17, 15) is 19.5 Å². The number of rotatable bonds is 2. The second-order valence-electron chi connectivity index (χ2n) is 9.91. The van der Waals surface area contributed by atoms with Crippen LogP contribution in [-0.4, -0.2) is 64.0 Å². The fraction of sp³-hybridized carbons (Fsp3) is 0.864. The second-order valence-corrected chi connectivity index (χ2v) is 9.91. The molecule has 1 N–H and O–H groups in total. The van der Waals surface area contributed by atoms with E-state index in [4.69, 9.17) is 14.2 Å². The Morgan fingerprint density at radius 2 is 1.90 bits per heavy atom. The lowest BCUT2D eigenvalue weighted by atomic mass is 9.66. The van der Waals surface area contributed by atoms with E-state index in [1.807, 2.05) is 13.8 Å². The summed E-state index contributed by atoms with van der Waals surface area (Å²) in [5.41, 5.74) is -1.33. The van der Waals surface area contributed by atoms with Gasteiger partial charge in [0.15, 0.2) is 11.4 Å². The fourth-order valence-electron chi connectivity index (χ4n) is 6.77. The highest BCUT2D eigenvalue weighted by molar-refractivity contribution is 5.91. The van der Waals surface area contributed by atoms with Gasteiger partial charge in [0.1, 0.15) is 12.2 Å². The number of carbonyl (C=O) groups is 3. The van der Waals surface area contributed by atoms with Crippen LogP contribution >= 0.6 is 0 Å². The van der Waals surface area contributed by atoms with E-state index >= 15 is 0 Å². The molecule has 30 heavy (non-hydrogen) atoms. The monoisotopic (exact) mass is 421 g/mol. The van der Waals surface area contributed by atoms with Crippen molar-refractivity contribution in [3.8, 4) is 0 Å². The maximum Gasteiger partial charge on any atom is 0.309 e. The summed E-state index contributed by atoms with van der Waals surface area (Å²) < 4.78 is 17.9. The highest BCUT2D eigenvalue weighted by atomic mass is 16.7. The first-order valence-electron chi connectivity index (χ1n) is 11.4. The average molecular weight is 421 g/mol. The lowest BCUT2D eigenvalue weighted by molar-refractivity contribution is -0.343. The average Bonchev–Trinajstić information content (AvgIpc) is 3.28. The number of ether oxygens (including phenoxy) is 3. The summed E-state index contributed by atoms with van der Waals surface area (Å²) in [6.45, 7) is 6.11. The molecule has 166 valence electrons. The van der Waals surface area contributed by atoms with Gasteiger partial charge in [-0.15, -0.1) is 0 Å². The largest absolute Gasteiger partial charge is 0.461 e. The third kappa shape index (κ3) is 2.55. The van der Waals surface area contributed by atoms with Crippen LogP contribution in [0.5, 0.6) is 0 Å². The zero-order chi connectivity index (χ0) is 21.4. The number of hydrogen-bond donors (Lipinski definition) is 1. The maximum absolute atomic E-state index is 13.9. The summed E-state index contributed by atoms with van der Waals surface area (Å²) in [4.78, 5) is 40.3. The zero-order valence-electron chi connectivity index (χ0n) is 17.8. The predicted molar refractivity (Wildman–Crippen MR) is 103 cm³/mol. The lowest BCUT2D eigenvalue weighted by Gasteiger charge is -2.52. The number of hydrogen-bond acceptors (Lipinski definition) is 7. The van der Waals surface area contributed by atoms with Crippen molar-refractivity contribution in [2.75, 3.05) is 6.54 Å². The molecule has 5 rings (SSSR count). The summed E-state index contributed by atoms with van der Waals surface area (Å²) in [7, 11) is 0. The summed E-state index contributed by atoms with van der Waals surface area (Å²) in [6.07, 6.45) is 2.35. The number of aliphatic hydroxyl groups is 1. The smallest absolute Gasteiger partial charge is 0.309 e. The zero-order valence-corrected chi connectivity index (χ0v) is 17.8. The Bertz CT molecular complexity index is 785. The lowest BCUT2D eigenvalue weighted by Crippen LogP contribution is -2.66. The van der Waals surface area contributed by atoms with Crippen LogP contribution in [0.25, 0.3) is 0 Å². The molecule has 5 heterocycles. The third-order valence-corrected chi connectivity index (χ3v) is 8.23. The summed E-state index contributed by atoms with van der Waals surface area (Å²) in [5.74, 6) is -3.81. The van der Waals surface area contributed by atoms with Gasteiger partial charge in [-0.25, -0.2) is 0 Å². The van der Waals surface area contributed by atoms with Gasteiger partial charge in [-0.1, -0.05) is 20.8 Å². The minimum absolute atomic E-state index is 0.196. The summed E-state index contributed by atoms with van der Waals surface area (Å²) in [5, 5.41) is 11.6. The Kier molecular flexibility index (Phi) is 4.50. The van der Waals surface area contributed by atoms with Crippen molar-refractivity contribution in [3.63, 3.8) is 0 Å². The standard InChI is InChI=1S/C22H31NO7/c1-4-13-17-16(12(3)19(25)29-17)21-10-14(15-9-11(2)18(24)28-15)23(20(21)26)8-6-5-7-22(13,27)30-21/h11-17,27H,4-10H2,1-3H3/t11-,12-,13-,14-,15-,16-,17-,21-,22-/m0/s1. The normalized spacial score (nSPS) is 50.5. The van der Waals surface area contributed by atoms with Crippen LogP contribution in [0, 0.1) is 23.7 Å². The van der Waals surface area contributed by atoms with Crippen LogP contribution in [-0.2, 0) is 28.6 Å². The van der Waals surface area contributed by atoms with Crippen LogP contribution in [0.2, 0.25) is 0 Å². The van der Waals surface area contributed by atoms with Gasteiger partial charge in [0.05, 0.1) is 23.8 Å². The number of fused-ring (bicyclic) bond motifs is 3. The van der Waals surface area contributed by atoms with E-state index in [1.54, 1.807) is 11.8 Å². The van der Waals surface area contributed by atoms with E-state index in [2.05, 4.69) is 0 Å². The molecule has 3 bridgehead atoms. The van der Waals surface area contributed by atoms with Crippen molar-refractivity contribution in [1.82, 2.24) is 4.90 Å². The van der Waals surface area contributed by atoms with Crippen molar-refractivity contribution in [2.45, 2.75) is 88.9 Å². The first kappa shape index (κ1) is 20.2. The van der Waals surface area contributed by atoms with Crippen LogP contribution in [0.1, 0.15) is 59.3 Å². The highest BCUT2D eigenvalue weighted by Crippen LogP contribution is 2.58. The SMILES string of the molecule is CC[C@H]1[C@@H]2OC(=O)[C@@H](C)[C@@H]2[C@]23C[C@@H]([C@@H]4C[C@H](C)C(=O)O4)N(CCCC[C@]1(O)O2)C3=O. The molecule has 5 saturated heterocycles. The van der Waals surface area contributed by atoms with E-state index < -0.39 is 29.3 Å². The first-order valence-corrected chi connectivity index (χ1v) is 11.4. The minimum atomic E-state index is -1.51. The molecule has 0 radical (unpaired) electrons. The molecule has 8 nitrogen and oxygen atoms in total. The quantitative estimate of drug-likeness (QED) is 0.672. The van der Waals surface area contributed by atoms with Crippen molar-refractivity contribution in [3.05, 3.63) is 0 Å². The molecule has 5 aliphatic heterocycles. The van der Waals surface area contributed by atoms with Gasteiger partial charge in [-0.2, -0.15) is 0 Å². The highest BCUT2D eigenvalue weighted by Gasteiger charge is 2.73. The van der Waals surface area contributed by atoms with E-state index in [-0.39, 0.29) is 41.8 Å². The van der Waals surface area contributed by atoms with Gasteiger partial charge in [0.25, 0.3) is 5.91 Å². The van der Waals surface area contributed by atoms with Crippen molar-refractivity contribution >= 4 is 17.8 Å². The van der Waals surface area contributed by atoms with Gasteiger partial charge in [-0.3, -0.25) is 14.4 Å². The Labute approximate surface area is 176 Å². The van der Waals surface area contributed by atoms with Crippen molar-refractivity contribution in [2.24, 2.45) is 23.7 Å². The molecule has 5 aliphatic rings. The number of carbonyl (C=O) groups excluding carboxylic acids is 3. The van der Waals surface area contributed by atoms with E-state index in [0.29, 0.717) is 38.6 Å². The molecule has 0 aromatic heterocycles. The predicted octanol–water partition coefficient (Wildman–Crippen LogP) is 1.38. The van der Waals surface area contributed by atoms with Crippen molar-refractivity contribution < 1.29 is 33.7 Å².